The Bertz CT molecular complexity index is 2130. The van der Waals surface area contributed by atoms with Crippen molar-refractivity contribution in [3.05, 3.63) is 103 Å². The predicted octanol–water partition coefficient (Wildman–Crippen LogP) is 8.81. The molecule has 2 aromatic carbocycles. The van der Waals surface area contributed by atoms with Crippen molar-refractivity contribution >= 4 is 44.0 Å². The second-order valence-corrected chi connectivity index (χ2v) is 14.4. The summed E-state index contributed by atoms with van der Waals surface area (Å²) in [5.74, 6) is -0.110. The summed E-state index contributed by atoms with van der Waals surface area (Å²) in [5, 5.41) is -0.000777. The smallest absolute Gasteiger partial charge is 0.301 e. The highest BCUT2D eigenvalue weighted by atomic mass is 35.5. The molecule has 1 saturated carbocycles. The van der Waals surface area contributed by atoms with Crippen LogP contribution in [-0.4, -0.2) is 22.5 Å². The van der Waals surface area contributed by atoms with Gasteiger partial charge in [0.05, 0.1) is 11.6 Å². The van der Waals surface area contributed by atoms with Gasteiger partial charge in [-0.2, -0.15) is 21.6 Å². The monoisotopic (exact) mass is 658 g/mol. The molecule has 0 saturated heterocycles. The molecule has 0 amide bonds. The van der Waals surface area contributed by atoms with E-state index in [0.29, 0.717) is 32.8 Å². The van der Waals surface area contributed by atoms with Crippen LogP contribution in [0.25, 0.3) is 33.2 Å². The van der Waals surface area contributed by atoms with Crippen LogP contribution in [0.2, 0.25) is 5.02 Å². The molecule has 228 valence electrons. The van der Waals surface area contributed by atoms with Gasteiger partial charge in [0.2, 0.25) is 0 Å². The van der Waals surface area contributed by atoms with Gasteiger partial charge in [-0.1, -0.05) is 48.0 Å². The molecule has 44 heavy (non-hydrogen) atoms. The van der Waals surface area contributed by atoms with E-state index in [1.165, 1.54) is 10.6 Å². The Morgan fingerprint density at radius 3 is 2.32 bits per heavy atom. The molecule has 0 spiro atoms. The lowest BCUT2D eigenvalue weighted by Gasteiger charge is -2.23. The molecule has 1 aliphatic carbocycles. The normalized spacial score (nSPS) is 14.7. The molecule has 1 N–H and O–H groups in total. The van der Waals surface area contributed by atoms with Gasteiger partial charge in [0.15, 0.2) is 9.90 Å². The maximum Gasteiger partial charge on any atom is 0.434 e. The number of benzene rings is 2. The van der Waals surface area contributed by atoms with Crippen LogP contribution in [0, 0.1) is 13.8 Å². The predicted molar refractivity (Wildman–Crippen MR) is 166 cm³/mol. The van der Waals surface area contributed by atoms with Crippen molar-refractivity contribution in [2.75, 3.05) is 0 Å². The van der Waals surface area contributed by atoms with Crippen molar-refractivity contribution in [3.63, 3.8) is 0 Å². The first kappa shape index (κ1) is 30.5. The summed E-state index contributed by atoms with van der Waals surface area (Å²) in [7, 11) is -4.51. The van der Waals surface area contributed by atoms with Crippen LogP contribution in [0.15, 0.2) is 69.7 Å². The largest absolute Gasteiger partial charge is 0.434 e. The molecule has 3 heterocycles. The van der Waals surface area contributed by atoms with Crippen molar-refractivity contribution in [1.29, 1.82) is 0 Å². The van der Waals surface area contributed by atoms with E-state index in [4.69, 9.17) is 11.6 Å². The first-order valence-corrected chi connectivity index (χ1v) is 16.4. The van der Waals surface area contributed by atoms with Crippen LogP contribution >= 0.6 is 22.9 Å². The summed E-state index contributed by atoms with van der Waals surface area (Å²) in [6.07, 6.45) is -3.34. The molecular weight excluding hydrogens is 633 g/mol. The average molecular weight is 659 g/mol. The highest BCUT2D eigenvalue weighted by Crippen LogP contribution is 2.45. The van der Waals surface area contributed by atoms with Gasteiger partial charge in [0, 0.05) is 44.1 Å². The van der Waals surface area contributed by atoms with Gasteiger partial charge in [-0.05, 0) is 74.1 Å². The number of rotatable bonds is 6. The fourth-order valence-corrected chi connectivity index (χ4v) is 8.00. The third-order valence-electron chi connectivity index (χ3n) is 7.96. The molecule has 0 bridgehead atoms. The molecule has 0 aliphatic heterocycles. The molecule has 1 atom stereocenters. The second-order valence-electron chi connectivity index (χ2n) is 11.1. The molecule has 1 fully saturated rings. The highest BCUT2D eigenvalue weighted by Gasteiger charge is 2.39. The minimum absolute atomic E-state index is 0.110. The van der Waals surface area contributed by atoms with E-state index in [1.54, 1.807) is 75.4 Å². The van der Waals surface area contributed by atoms with Crippen molar-refractivity contribution < 1.29 is 26.1 Å². The quantitative estimate of drug-likeness (QED) is 0.184. The highest BCUT2D eigenvalue weighted by molar-refractivity contribution is 7.88. The fraction of sp³-hybridized carbons (Fsp3) is 0.250. The van der Waals surface area contributed by atoms with Crippen LogP contribution in [0.5, 0.6) is 0 Å². The van der Waals surface area contributed by atoms with Crippen molar-refractivity contribution in [3.8, 4) is 22.3 Å². The second kappa shape index (κ2) is 10.8. The maximum atomic E-state index is 14.7. The zero-order chi connectivity index (χ0) is 31.7. The van der Waals surface area contributed by atoms with Gasteiger partial charge in [-0.15, -0.1) is 11.3 Å². The minimum Gasteiger partial charge on any atom is -0.301 e. The molecule has 3 aromatic heterocycles. The summed E-state index contributed by atoms with van der Waals surface area (Å²) >= 11 is 7.56. The number of pyridine rings is 2. The van der Waals surface area contributed by atoms with Gasteiger partial charge >= 0.3 is 16.3 Å². The Labute approximate surface area is 260 Å². The number of alkyl halides is 3. The van der Waals surface area contributed by atoms with Crippen molar-refractivity contribution in [2.24, 2.45) is 0 Å². The maximum absolute atomic E-state index is 14.7. The zero-order valence-corrected chi connectivity index (χ0v) is 26.1. The van der Waals surface area contributed by atoms with E-state index >= 15 is 0 Å². The number of halogens is 4. The molecule has 5 aromatic rings. The van der Waals surface area contributed by atoms with Crippen LogP contribution < -0.4 is 5.56 Å². The lowest BCUT2D eigenvalue weighted by atomic mass is 9.94. The van der Waals surface area contributed by atoms with E-state index in [-0.39, 0.29) is 37.2 Å². The lowest BCUT2D eigenvalue weighted by Crippen LogP contribution is -2.26. The zero-order valence-electron chi connectivity index (χ0n) is 23.7. The van der Waals surface area contributed by atoms with Crippen molar-refractivity contribution in [2.45, 2.75) is 56.0 Å². The molecular formula is C32H26ClF3N2O4S2. The Kier molecular flexibility index (Phi) is 7.51. The number of fused-ring (bicyclic) bond motifs is 1. The Balaban J connectivity index is 1.59. The molecule has 12 heteroatoms. The number of thiophene rings is 1. The molecule has 6 rings (SSSR count). The van der Waals surface area contributed by atoms with Crippen LogP contribution in [0.4, 0.5) is 13.2 Å². The summed E-state index contributed by atoms with van der Waals surface area (Å²) in [6.45, 7) is 5.17. The summed E-state index contributed by atoms with van der Waals surface area (Å²) in [5.41, 5.74) is 1.38. The van der Waals surface area contributed by atoms with Gasteiger partial charge in [0.25, 0.3) is 5.56 Å². The van der Waals surface area contributed by atoms with E-state index < -0.39 is 33.6 Å². The van der Waals surface area contributed by atoms with E-state index in [0.717, 1.165) is 24.2 Å². The minimum atomic E-state index is -4.78. The number of aromatic nitrogens is 2. The summed E-state index contributed by atoms with van der Waals surface area (Å²) < 4.78 is 78.9. The number of hydrogen-bond donors (Lipinski definition) is 1. The molecule has 1 unspecified atom stereocenters. The standard InChI is InChI=1S/C32H26ClF3N2O4S2/c1-16-6-4-5-7-21(16)23-14-28(39)38(27-15-26(19-8-9-19)37-30(29(23)27)32(34,35)36)18(3)20-10-11-22(25(33)13-20)24-12-17(2)43-31(24)44(40,41)42/h4-7,10-15,18-19H,8-9H2,1-3H3,(H,40,41,42). The van der Waals surface area contributed by atoms with E-state index in [1.807, 2.05) is 0 Å². The Hall–Kier alpha value is -3.51. The number of nitrogens with zero attached hydrogens (tertiary/aromatic N) is 2. The number of aryl methyl sites for hydroxylation is 2. The third kappa shape index (κ3) is 5.47. The van der Waals surface area contributed by atoms with E-state index in [9.17, 15) is 30.9 Å². The third-order valence-corrected chi connectivity index (χ3v) is 10.7. The van der Waals surface area contributed by atoms with Crippen molar-refractivity contribution in [1.82, 2.24) is 9.55 Å². The molecule has 0 radical (unpaired) electrons. The lowest BCUT2D eigenvalue weighted by molar-refractivity contribution is -0.139. The summed E-state index contributed by atoms with van der Waals surface area (Å²) in [6, 6.07) is 15.4. The van der Waals surface area contributed by atoms with Gasteiger partial charge in [-0.3, -0.25) is 9.35 Å². The van der Waals surface area contributed by atoms with Crippen LogP contribution in [0.3, 0.4) is 0 Å². The van der Waals surface area contributed by atoms with Crippen LogP contribution in [0.1, 0.15) is 59.1 Å². The van der Waals surface area contributed by atoms with Gasteiger partial charge < -0.3 is 4.57 Å². The first-order chi connectivity index (χ1) is 20.6. The number of hydrogen-bond acceptors (Lipinski definition) is 5. The SMILES string of the molecule is Cc1cc(-c2ccc(C(C)n3c(=O)cc(-c4ccccc4C)c4c(C(F)(F)F)nc(C5CC5)cc43)cc2Cl)c(S(=O)(=O)O)s1. The van der Waals surface area contributed by atoms with E-state index in [2.05, 4.69) is 4.98 Å². The first-order valence-electron chi connectivity index (χ1n) is 13.8. The fourth-order valence-electron chi connectivity index (χ4n) is 5.70. The van der Waals surface area contributed by atoms with Gasteiger partial charge in [-0.25, -0.2) is 4.98 Å². The topological polar surface area (TPSA) is 89.3 Å². The van der Waals surface area contributed by atoms with Gasteiger partial charge in [0.1, 0.15) is 0 Å². The molecule has 1 aliphatic rings. The average Bonchev–Trinajstić information content (AvgIpc) is 3.72. The summed E-state index contributed by atoms with van der Waals surface area (Å²) in [4.78, 5) is 18.6. The Morgan fingerprint density at radius 1 is 1.00 bits per heavy atom. The Morgan fingerprint density at radius 2 is 1.70 bits per heavy atom. The molecule has 6 nitrogen and oxygen atoms in total. The van der Waals surface area contributed by atoms with Crippen LogP contribution in [-0.2, 0) is 16.3 Å².